The molecule has 1 N–H and O–H groups in total. The Balaban J connectivity index is 1.44. The van der Waals surface area contributed by atoms with E-state index in [9.17, 15) is 4.79 Å². The second-order valence-electron chi connectivity index (χ2n) is 6.99. The third-order valence-electron chi connectivity index (χ3n) is 4.93. The molecule has 0 saturated carbocycles. The third kappa shape index (κ3) is 4.02. The number of ether oxygens (including phenoxy) is 1. The first-order valence-electron chi connectivity index (χ1n) is 9.57. The zero-order chi connectivity index (χ0) is 20.5. The summed E-state index contributed by atoms with van der Waals surface area (Å²) in [5, 5.41) is 12.2. The van der Waals surface area contributed by atoms with Crippen LogP contribution in [-0.2, 0) is 17.0 Å². The van der Waals surface area contributed by atoms with Crippen LogP contribution in [0.25, 0.3) is 21.6 Å². The van der Waals surface area contributed by atoms with Crippen LogP contribution in [0.1, 0.15) is 18.7 Å². The molecule has 1 atom stereocenters. The SMILES string of the molecule is O=c1[nH]c(CSc2nnc(-c3ccc(Cl)cc3)n2C[C@@H]2CCCO2)nc2ccsc12. The Hall–Kier alpha value is -2.20. The normalized spacial score (nSPS) is 16.5. The minimum atomic E-state index is -0.103. The zero-order valence-electron chi connectivity index (χ0n) is 15.9. The van der Waals surface area contributed by atoms with Crippen LogP contribution in [0, 0.1) is 0 Å². The number of aromatic amines is 1. The molecule has 1 aliphatic heterocycles. The van der Waals surface area contributed by atoms with Crippen LogP contribution >= 0.6 is 34.7 Å². The van der Waals surface area contributed by atoms with Gasteiger partial charge in [-0.2, -0.15) is 0 Å². The highest BCUT2D eigenvalue weighted by Gasteiger charge is 2.22. The number of hydrogen-bond acceptors (Lipinski definition) is 7. The van der Waals surface area contributed by atoms with Crippen molar-refractivity contribution in [3.63, 3.8) is 0 Å². The Morgan fingerprint density at radius 1 is 1.27 bits per heavy atom. The van der Waals surface area contributed by atoms with Crippen molar-refractivity contribution in [2.24, 2.45) is 0 Å². The fraction of sp³-hybridized carbons (Fsp3) is 0.300. The maximum Gasteiger partial charge on any atom is 0.268 e. The van der Waals surface area contributed by atoms with E-state index in [4.69, 9.17) is 16.3 Å². The molecule has 3 aromatic heterocycles. The van der Waals surface area contributed by atoms with Crippen LogP contribution in [-0.4, -0.2) is 37.4 Å². The number of thioether (sulfide) groups is 1. The highest BCUT2D eigenvalue weighted by atomic mass is 35.5. The summed E-state index contributed by atoms with van der Waals surface area (Å²) in [6.45, 7) is 1.47. The lowest BCUT2D eigenvalue weighted by atomic mass is 10.2. The molecule has 1 aliphatic rings. The molecule has 154 valence electrons. The summed E-state index contributed by atoms with van der Waals surface area (Å²) >= 11 is 8.94. The molecule has 0 spiro atoms. The van der Waals surface area contributed by atoms with Gasteiger partial charge >= 0.3 is 0 Å². The van der Waals surface area contributed by atoms with E-state index in [1.165, 1.54) is 23.1 Å². The monoisotopic (exact) mass is 459 g/mol. The molecule has 1 aromatic carbocycles. The van der Waals surface area contributed by atoms with Gasteiger partial charge in [0.05, 0.1) is 23.9 Å². The molecular weight excluding hydrogens is 442 g/mol. The van der Waals surface area contributed by atoms with Gasteiger partial charge in [0.25, 0.3) is 5.56 Å². The summed E-state index contributed by atoms with van der Waals surface area (Å²) in [6, 6.07) is 9.44. The average Bonchev–Trinajstić information content (AvgIpc) is 3.49. The molecule has 5 rings (SSSR count). The molecule has 0 amide bonds. The molecule has 1 fully saturated rings. The van der Waals surface area contributed by atoms with Crippen LogP contribution in [0.2, 0.25) is 5.02 Å². The lowest BCUT2D eigenvalue weighted by molar-refractivity contribution is 0.0953. The Morgan fingerprint density at radius 2 is 2.13 bits per heavy atom. The Bertz CT molecular complexity index is 1230. The standard InChI is InChI=1S/C20H18ClN5O2S2/c21-13-5-3-12(4-6-13)18-24-25-20(26(18)10-14-2-1-8-28-14)30-11-16-22-15-7-9-29-17(15)19(27)23-16/h3-7,9,14H,1-2,8,10-11H2,(H,22,23,27)/t14-/m0/s1. The van der Waals surface area contributed by atoms with Gasteiger partial charge in [-0.1, -0.05) is 23.4 Å². The predicted octanol–water partition coefficient (Wildman–Crippen LogP) is 4.37. The first-order chi connectivity index (χ1) is 14.7. The van der Waals surface area contributed by atoms with E-state index in [1.54, 1.807) is 0 Å². The van der Waals surface area contributed by atoms with E-state index in [1.807, 2.05) is 35.7 Å². The maximum absolute atomic E-state index is 12.2. The van der Waals surface area contributed by atoms with Gasteiger partial charge in [0, 0.05) is 17.2 Å². The van der Waals surface area contributed by atoms with Crippen LogP contribution < -0.4 is 5.56 Å². The quantitative estimate of drug-likeness (QED) is 0.431. The smallest absolute Gasteiger partial charge is 0.268 e. The van der Waals surface area contributed by atoms with Crippen LogP contribution in [0.5, 0.6) is 0 Å². The third-order valence-corrected chi connectivity index (χ3v) is 7.06. The van der Waals surface area contributed by atoms with Crippen molar-refractivity contribution in [1.82, 2.24) is 24.7 Å². The second kappa shape index (κ2) is 8.50. The Labute approximate surface area is 185 Å². The van der Waals surface area contributed by atoms with Crippen molar-refractivity contribution < 1.29 is 4.74 Å². The van der Waals surface area contributed by atoms with Gasteiger partial charge < -0.3 is 9.72 Å². The second-order valence-corrected chi connectivity index (χ2v) is 9.29. The van der Waals surface area contributed by atoms with E-state index in [-0.39, 0.29) is 11.7 Å². The molecule has 30 heavy (non-hydrogen) atoms. The van der Waals surface area contributed by atoms with Crippen molar-refractivity contribution in [3.05, 3.63) is 56.9 Å². The van der Waals surface area contributed by atoms with Crippen LogP contribution in [0.15, 0.2) is 45.7 Å². The number of aromatic nitrogens is 5. The summed E-state index contributed by atoms with van der Waals surface area (Å²) in [6.07, 6.45) is 2.23. The number of halogens is 1. The first-order valence-corrected chi connectivity index (χ1v) is 11.8. The Morgan fingerprint density at radius 3 is 2.93 bits per heavy atom. The number of benzene rings is 1. The van der Waals surface area contributed by atoms with Crippen molar-refractivity contribution in [2.75, 3.05) is 6.61 Å². The number of H-pyrrole nitrogens is 1. The fourth-order valence-electron chi connectivity index (χ4n) is 3.49. The van der Waals surface area contributed by atoms with Crippen molar-refractivity contribution in [2.45, 2.75) is 36.4 Å². The van der Waals surface area contributed by atoms with Gasteiger partial charge in [-0.05, 0) is 48.6 Å². The maximum atomic E-state index is 12.2. The van der Waals surface area contributed by atoms with Gasteiger partial charge in [0.15, 0.2) is 11.0 Å². The number of fused-ring (bicyclic) bond motifs is 1. The van der Waals surface area contributed by atoms with Gasteiger partial charge in [0.1, 0.15) is 10.5 Å². The highest BCUT2D eigenvalue weighted by molar-refractivity contribution is 7.98. The van der Waals surface area contributed by atoms with Crippen molar-refractivity contribution in [1.29, 1.82) is 0 Å². The van der Waals surface area contributed by atoms with Crippen LogP contribution in [0.4, 0.5) is 0 Å². The van der Waals surface area contributed by atoms with Gasteiger partial charge in [0.2, 0.25) is 0 Å². The van der Waals surface area contributed by atoms with Crippen molar-refractivity contribution >= 4 is 44.9 Å². The van der Waals surface area contributed by atoms with E-state index in [2.05, 4.69) is 24.7 Å². The lowest BCUT2D eigenvalue weighted by Gasteiger charge is -2.14. The van der Waals surface area contributed by atoms with E-state index < -0.39 is 0 Å². The summed E-state index contributed by atoms with van der Waals surface area (Å²) < 4.78 is 8.58. The highest BCUT2D eigenvalue weighted by Crippen LogP contribution is 2.28. The molecule has 1 saturated heterocycles. The van der Waals surface area contributed by atoms with Crippen molar-refractivity contribution in [3.8, 4) is 11.4 Å². The minimum Gasteiger partial charge on any atom is -0.376 e. The number of thiophene rings is 1. The fourth-order valence-corrected chi connectivity index (χ4v) is 5.16. The summed E-state index contributed by atoms with van der Waals surface area (Å²) in [4.78, 5) is 19.7. The number of nitrogens with zero attached hydrogens (tertiary/aromatic N) is 4. The zero-order valence-corrected chi connectivity index (χ0v) is 18.3. The lowest BCUT2D eigenvalue weighted by Crippen LogP contribution is -2.17. The molecule has 4 heterocycles. The number of hydrogen-bond donors (Lipinski definition) is 1. The summed E-state index contributed by atoms with van der Waals surface area (Å²) in [5.74, 6) is 1.89. The molecule has 10 heteroatoms. The van der Waals surface area contributed by atoms with Gasteiger partial charge in [-0.15, -0.1) is 21.5 Å². The largest absolute Gasteiger partial charge is 0.376 e. The van der Waals surface area contributed by atoms with E-state index in [0.29, 0.717) is 27.8 Å². The van der Waals surface area contributed by atoms with E-state index >= 15 is 0 Å². The predicted molar refractivity (Wildman–Crippen MR) is 119 cm³/mol. The molecule has 4 aromatic rings. The first kappa shape index (κ1) is 19.7. The summed E-state index contributed by atoms with van der Waals surface area (Å²) in [7, 11) is 0. The molecule has 7 nitrogen and oxygen atoms in total. The van der Waals surface area contributed by atoms with E-state index in [0.717, 1.165) is 41.5 Å². The van der Waals surface area contributed by atoms with Gasteiger partial charge in [-0.3, -0.25) is 9.36 Å². The molecule has 0 bridgehead atoms. The molecule has 0 radical (unpaired) electrons. The van der Waals surface area contributed by atoms with Crippen LogP contribution in [0.3, 0.4) is 0 Å². The number of nitrogens with one attached hydrogen (secondary N) is 1. The number of rotatable bonds is 6. The molecular formula is C20H18ClN5O2S2. The molecule has 0 aliphatic carbocycles. The average molecular weight is 460 g/mol. The minimum absolute atomic E-state index is 0.103. The van der Waals surface area contributed by atoms with Gasteiger partial charge in [-0.25, -0.2) is 4.98 Å². The summed E-state index contributed by atoms with van der Waals surface area (Å²) in [5.41, 5.74) is 1.57. The topological polar surface area (TPSA) is 85.7 Å². The molecule has 0 unspecified atom stereocenters. The Kier molecular flexibility index (Phi) is 5.60.